The first kappa shape index (κ1) is 30.2. The van der Waals surface area contributed by atoms with E-state index in [9.17, 15) is 21.6 Å². The molecule has 0 aliphatic rings. The maximum absolute atomic E-state index is 15.5. The van der Waals surface area contributed by atoms with E-state index in [4.69, 9.17) is 0 Å². The zero-order chi connectivity index (χ0) is 30.2. The Morgan fingerprint density at radius 1 is 0.976 bits per heavy atom. The zero-order valence-electron chi connectivity index (χ0n) is 23.3. The van der Waals surface area contributed by atoms with Crippen molar-refractivity contribution in [3.63, 3.8) is 0 Å². The Hall–Kier alpha value is -3.80. The van der Waals surface area contributed by atoms with Gasteiger partial charge in [-0.05, 0) is 41.7 Å². The van der Waals surface area contributed by atoms with Gasteiger partial charge in [0, 0.05) is 41.3 Å². The van der Waals surface area contributed by atoms with Gasteiger partial charge in [-0.3, -0.25) is 0 Å². The Labute approximate surface area is 236 Å². The summed E-state index contributed by atoms with van der Waals surface area (Å²) in [6.07, 6.45) is 0.424. The van der Waals surface area contributed by atoms with Crippen LogP contribution in [0.2, 0.25) is 0 Å². The minimum Gasteiger partial charge on any atom is -0.330 e. The standard InChI is InChI=1S/C29H31F4N5O2S/c1-18(2)12-19-6-9-25(41(39,40)37-27-35-15-22(16-36-27)29(31,32)33)23(13-19)20-7-8-21(24(30)14-20)17-38-11-10-34-26(38)28(3,4)5/h6-11,13-16,18H,12,17H2,1-5H3,(H,35,36,37). The van der Waals surface area contributed by atoms with E-state index in [-0.39, 0.29) is 28.3 Å². The van der Waals surface area contributed by atoms with Crippen LogP contribution < -0.4 is 4.72 Å². The number of aromatic nitrogens is 4. The average molecular weight is 590 g/mol. The number of anilines is 1. The quantitative estimate of drug-likeness (QED) is 0.227. The number of hydrogen-bond donors (Lipinski definition) is 1. The van der Waals surface area contributed by atoms with Gasteiger partial charge in [-0.2, -0.15) is 13.2 Å². The largest absolute Gasteiger partial charge is 0.419 e. The molecule has 2 aromatic carbocycles. The van der Waals surface area contributed by atoms with Crippen molar-refractivity contribution in [1.82, 2.24) is 19.5 Å². The van der Waals surface area contributed by atoms with E-state index in [1.807, 2.05) is 39.2 Å². The minimum absolute atomic E-state index is 0.190. The second-order valence-corrected chi connectivity index (χ2v) is 12.9. The Bertz CT molecular complexity index is 1640. The molecule has 0 saturated heterocycles. The van der Waals surface area contributed by atoms with Crippen LogP contribution in [0.15, 0.2) is 66.1 Å². The van der Waals surface area contributed by atoms with Crippen LogP contribution in [0.5, 0.6) is 0 Å². The molecule has 7 nitrogen and oxygen atoms in total. The van der Waals surface area contributed by atoms with Gasteiger partial charge in [0.2, 0.25) is 5.95 Å². The monoisotopic (exact) mass is 589 g/mol. The minimum atomic E-state index is -4.67. The number of hydrogen-bond acceptors (Lipinski definition) is 5. The molecule has 0 spiro atoms. The molecule has 2 aromatic heterocycles. The normalized spacial score (nSPS) is 12.6. The smallest absolute Gasteiger partial charge is 0.330 e. The van der Waals surface area contributed by atoms with Crippen LogP contribution >= 0.6 is 0 Å². The highest BCUT2D eigenvalue weighted by Gasteiger charge is 2.32. The van der Waals surface area contributed by atoms with Crippen molar-refractivity contribution in [2.45, 2.75) is 64.1 Å². The van der Waals surface area contributed by atoms with Crippen LogP contribution in [0.1, 0.15) is 57.1 Å². The van der Waals surface area contributed by atoms with Gasteiger partial charge in [-0.1, -0.05) is 52.8 Å². The van der Waals surface area contributed by atoms with Crippen molar-refractivity contribution in [1.29, 1.82) is 0 Å². The highest BCUT2D eigenvalue weighted by molar-refractivity contribution is 7.92. The van der Waals surface area contributed by atoms with Crippen LogP contribution in [0.25, 0.3) is 11.1 Å². The lowest BCUT2D eigenvalue weighted by molar-refractivity contribution is -0.138. The first-order valence-electron chi connectivity index (χ1n) is 12.9. The molecule has 0 aliphatic carbocycles. The molecule has 0 bridgehead atoms. The third kappa shape index (κ3) is 7.10. The highest BCUT2D eigenvalue weighted by Crippen LogP contribution is 2.33. The summed E-state index contributed by atoms with van der Waals surface area (Å²) < 4.78 is 84.9. The summed E-state index contributed by atoms with van der Waals surface area (Å²) in [6.45, 7) is 10.3. The maximum atomic E-state index is 15.5. The van der Waals surface area contributed by atoms with E-state index in [1.54, 1.807) is 36.7 Å². The maximum Gasteiger partial charge on any atom is 0.419 e. The second-order valence-electron chi connectivity index (χ2n) is 11.3. The Kier molecular flexibility index (Phi) is 8.26. The molecule has 218 valence electrons. The zero-order valence-corrected chi connectivity index (χ0v) is 24.1. The summed E-state index contributed by atoms with van der Waals surface area (Å²) in [7, 11) is -4.36. The summed E-state index contributed by atoms with van der Waals surface area (Å²) in [4.78, 5) is 11.2. The van der Waals surface area contributed by atoms with Gasteiger partial charge < -0.3 is 4.57 Å². The summed E-state index contributed by atoms with van der Waals surface area (Å²) in [5.41, 5.74) is 0.455. The van der Waals surface area contributed by atoms with Crippen molar-refractivity contribution in [2.75, 3.05) is 4.72 Å². The highest BCUT2D eigenvalue weighted by atomic mass is 32.2. The van der Waals surface area contributed by atoms with Crippen molar-refractivity contribution in [2.24, 2.45) is 5.92 Å². The first-order valence-corrected chi connectivity index (χ1v) is 14.4. The van der Waals surface area contributed by atoms with Crippen LogP contribution in [-0.4, -0.2) is 27.9 Å². The van der Waals surface area contributed by atoms with Crippen molar-refractivity contribution >= 4 is 16.0 Å². The molecular weight excluding hydrogens is 558 g/mol. The molecule has 1 N–H and O–H groups in total. The number of sulfonamides is 1. The molecule has 0 radical (unpaired) electrons. The third-order valence-electron chi connectivity index (χ3n) is 6.27. The van der Waals surface area contributed by atoms with Gasteiger partial charge in [-0.25, -0.2) is 32.5 Å². The van der Waals surface area contributed by atoms with Gasteiger partial charge in [0.05, 0.1) is 17.0 Å². The molecule has 0 aliphatic heterocycles. The fourth-order valence-corrected chi connectivity index (χ4v) is 5.61. The average Bonchev–Trinajstić information content (AvgIpc) is 3.33. The third-order valence-corrected chi connectivity index (χ3v) is 7.66. The van der Waals surface area contributed by atoms with Crippen molar-refractivity contribution in [3.8, 4) is 11.1 Å². The Balaban J connectivity index is 1.72. The van der Waals surface area contributed by atoms with Crippen LogP contribution in [0.4, 0.5) is 23.5 Å². The molecule has 4 aromatic rings. The topological polar surface area (TPSA) is 89.8 Å². The number of alkyl halides is 3. The summed E-state index contributed by atoms with van der Waals surface area (Å²) in [6, 6.07) is 9.27. The lowest BCUT2D eigenvalue weighted by atomic mass is 9.95. The molecule has 41 heavy (non-hydrogen) atoms. The van der Waals surface area contributed by atoms with Gasteiger partial charge in [0.1, 0.15) is 11.6 Å². The molecule has 0 unspecified atom stereocenters. The second kappa shape index (κ2) is 11.2. The molecule has 0 atom stereocenters. The summed E-state index contributed by atoms with van der Waals surface area (Å²) in [5.74, 6) is 0.0296. The van der Waals surface area contributed by atoms with E-state index in [0.29, 0.717) is 29.9 Å². The van der Waals surface area contributed by atoms with E-state index >= 15 is 4.39 Å². The summed E-state index contributed by atoms with van der Waals surface area (Å²) in [5, 5.41) is 0. The van der Waals surface area contributed by atoms with Crippen molar-refractivity contribution < 1.29 is 26.0 Å². The molecule has 12 heteroatoms. The number of nitrogens with one attached hydrogen (secondary N) is 1. The van der Waals surface area contributed by atoms with Crippen LogP contribution in [0, 0.1) is 11.7 Å². The number of rotatable bonds is 8. The lowest BCUT2D eigenvalue weighted by Crippen LogP contribution is -2.19. The van der Waals surface area contributed by atoms with E-state index in [0.717, 1.165) is 11.4 Å². The Morgan fingerprint density at radius 3 is 2.24 bits per heavy atom. The van der Waals surface area contributed by atoms with Gasteiger partial charge in [0.25, 0.3) is 10.0 Å². The number of imidazole rings is 1. The van der Waals surface area contributed by atoms with Gasteiger partial charge >= 0.3 is 6.18 Å². The fraction of sp³-hybridized carbons (Fsp3) is 0.345. The molecular formula is C29H31F4N5O2S. The predicted molar refractivity (Wildman–Crippen MR) is 148 cm³/mol. The fourth-order valence-electron chi connectivity index (χ4n) is 4.45. The Morgan fingerprint density at radius 2 is 1.66 bits per heavy atom. The lowest BCUT2D eigenvalue weighted by Gasteiger charge is -2.20. The SMILES string of the molecule is CC(C)Cc1ccc(S(=O)(=O)Nc2ncc(C(F)(F)F)cn2)c(-c2ccc(Cn3ccnc3C(C)(C)C)c(F)c2)c1. The van der Waals surface area contributed by atoms with Crippen molar-refractivity contribution in [3.05, 3.63) is 89.5 Å². The number of halogens is 4. The van der Waals surface area contributed by atoms with Gasteiger partial charge in [0.15, 0.2) is 0 Å². The molecule has 0 amide bonds. The van der Waals surface area contributed by atoms with E-state index in [2.05, 4.69) is 19.7 Å². The molecule has 0 saturated carbocycles. The van der Waals surface area contributed by atoms with Crippen LogP contribution in [0.3, 0.4) is 0 Å². The van der Waals surface area contributed by atoms with Crippen LogP contribution in [-0.2, 0) is 34.6 Å². The molecule has 0 fully saturated rings. The number of nitrogens with zero attached hydrogens (tertiary/aromatic N) is 4. The van der Waals surface area contributed by atoms with E-state index in [1.165, 1.54) is 12.1 Å². The molecule has 4 rings (SSSR count). The first-order chi connectivity index (χ1) is 19.0. The predicted octanol–water partition coefficient (Wildman–Crippen LogP) is 6.84. The van der Waals surface area contributed by atoms with E-state index < -0.39 is 33.5 Å². The van der Waals surface area contributed by atoms with Gasteiger partial charge in [-0.15, -0.1) is 0 Å². The molecule has 2 heterocycles. The number of benzene rings is 2. The summed E-state index contributed by atoms with van der Waals surface area (Å²) >= 11 is 0.